The lowest BCUT2D eigenvalue weighted by Crippen LogP contribution is -2.36. The lowest BCUT2D eigenvalue weighted by molar-refractivity contribution is 0.569. The van der Waals surface area contributed by atoms with Crippen molar-refractivity contribution in [1.82, 2.24) is 15.4 Å². The molecule has 0 fully saturated rings. The van der Waals surface area contributed by atoms with E-state index in [0.717, 1.165) is 23.8 Å². The molecule has 0 atom stereocenters. The van der Waals surface area contributed by atoms with Crippen LogP contribution in [0, 0.1) is 11.6 Å². The fourth-order valence-electron chi connectivity index (χ4n) is 2.64. The Morgan fingerprint density at radius 1 is 1.00 bits per heavy atom. The van der Waals surface area contributed by atoms with Gasteiger partial charge in [0.2, 0.25) is 10.0 Å². The number of rotatable bonds is 8. The molecule has 0 aliphatic carbocycles. The Bertz CT molecular complexity index is 945. The molecule has 0 radical (unpaired) electrons. The Hall–Kier alpha value is -2.52. The summed E-state index contributed by atoms with van der Waals surface area (Å²) in [5.74, 6) is -0.647. The molecule has 0 bridgehead atoms. The maximum Gasteiger partial charge on any atom is 0.216 e. The first kappa shape index (κ1) is 22.8. The van der Waals surface area contributed by atoms with Crippen LogP contribution in [0.5, 0.6) is 0 Å². The summed E-state index contributed by atoms with van der Waals surface area (Å²) in [6.45, 7) is 4.07. The molecule has 2 aromatic carbocycles. The van der Waals surface area contributed by atoms with Gasteiger partial charge in [0, 0.05) is 31.7 Å². The average molecular weight is 425 g/mol. The van der Waals surface area contributed by atoms with E-state index in [0.29, 0.717) is 18.1 Å². The fourth-order valence-corrected chi connectivity index (χ4v) is 4.07. The highest BCUT2D eigenvalue weighted by atomic mass is 32.2. The molecule has 3 N–H and O–H groups in total. The monoisotopic (exact) mass is 424 g/mol. The van der Waals surface area contributed by atoms with Crippen LogP contribution < -0.4 is 15.4 Å². The fraction of sp³-hybridized carbons (Fsp3) is 0.350. The maximum atomic E-state index is 13.7. The van der Waals surface area contributed by atoms with Crippen LogP contribution in [0.3, 0.4) is 0 Å². The normalized spacial score (nSPS) is 12.3. The summed E-state index contributed by atoms with van der Waals surface area (Å²) in [6.07, 6.45) is 0. The van der Waals surface area contributed by atoms with Crippen LogP contribution >= 0.6 is 0 Å². The zero-order valence-electron chi connectivity index (χ0n) is 16.7. The maximum absolute atomic E-state index is 13.7. The molecule has 0 spiro atoms. The molecule has 0 aliphatic heterocycles. The minimum Gasteiger partial charge on any atom is -0.352 e. The van der Waals surface area contributed by atoms with Gasteiger partial charge in [0.1, 0.15) is 11.6 Å². The molecule has 29 heavy (non-hydrogen) atoms. The van der Waals surface area contributed by atoms with Crippen molar-refractivity contribution in [2.24, 2.45) is 4.99 Å². The van der Waals surface area contributed by atoms with Crippen LogP contribution in [0.25, 0.3) is 0 Å². The summed E-state index contributed by atoms with van der Waals surface area (Å²) in [5, 5.41) is 6.01. The lowest BCUT2D eigenvalue weighted by Gasteiger charge is -2.13. The van der Waals surface area contributed by atoms with E-state index in [1.54, 1.807) is 33.0 Å². The van der Waals surface area contributed by atoms with Crippen molar-refractivity contribution in [2.75, 3.05) is 7.05 Å². The van der Waals surface area contributed by atoms with Crippen LogP contribution in [0.4, 0.5) is 8.78 Å². The molecule has 158 valence electrons. The molecule has 2 aromatic rings. The van der Waals surface area contributed by atoms with Crippen molar-refractivity contribution in [3.8, 4) is 0 Å². The molecule has 0 heterocycles. The van der Waals surface area contributed by atoms with Gasteiger partial charge in [0.25, 0.3) is 0 Å². The lowest BCUT2D eigenvalue weighted by atomic mass is 10.1. The molecule has 6 nitrogen and oxygen atoms in total. The van der Waals surface area contributed by atoms with Crippen molar-refractivity contribution in [3.05, 3.63) is 70.8 Å². The third-order valence-corrected chi connectivity index (χ3v) is 5.48. The van der Waals surface area contributed by atoms with Gasteiger partial charge in [-0.15, -0.1) is 0 Å². The summed E-state index contributed by atoms with van der Waals surface area (Å²) in [6, 6.07) is 10.3. The molecule has 0 saturated carbocycles. The Balaban J connectivity index is 1.88. The Morgan fingerprint density at radius 3 is 2.24 bits per heavy atom. The zero-order valence-corrected chi connectivity index (χ0v) is 17.5. The number of guanidine groups is 1. The number of hydrogen-bond acceptors (Lipinski definition) is 3. The highest BCUT2D eigenvalue weighted by Crippen LogP contribution is 2.10. The van der Waals surface area contributed by atoms with Crippen LogP contribution in [0.1, 0.15) is 30.5 Å². The van der Waals surface area contributed by atoms with Crippen molar-refractivity contribution in [2.45, 2.75) is 38.7 Å². The SMILES string of the molecule is CN=C(NCc1ccc(CS(=O)(=O)NC(C)C)cc1)NCc1cc(F)ccc1F. The first-order chi connectivity index (χ1) is 13.7. The molecular formula is C20H26F2N4O2S. The number of sulfonamides is 1. The molecule has 0 saturated heterocycles. The van der Waals surface area contributed by atoms with Crippen LogP contribution in [0.2, 0.25) is 0 Å². The second-order valence-electron chi connectivity index (χ2n) is 6.86. The Kier molecular flexibility index (Phi) is 8.10. The average Bonchev–Trinajstić information content (AvgIpc) is 2.64. The van der Waals surface area contributed by atoms with E-state index < -0.39 is 21.7 Å². The van der Waals surface area contributed by atoms with Crippen LogP contribution in [0.15, 0.2) is 47.5 Å². The minimum absolute atomic E-state index is 0.0820. The molecule has 9 heteroatoms. The molecule has 2 rings (SSSR count). The first-order valence-electron chi connectivity index (χ1n) is 9.15. The third-order valence-electron chi connectivity index (χ3n) is 3.93. The van der Waals surface area contributed by atoms with Gasteiger partial charge in [-0.2, -0.15) is 0 Å². The topological polar surface area (TPSA) is 82.6 Å². The van der Waals surface area contributed by atoms with Crippen molar-refractivity contribution >= 4 is 16.0 Å². The largest absolute Gasteiger partial charge is 0.352 e. The molecule has 0 unspecified atom stereocenters. The number of nitrogens with zero attached hydrogens (tertiary/aromatic N) is 1. The summed E-state index contributed by atoms with van der Waals surface area (Å²) >= 11 is 0. The predicted octanol–water partition coefficient (Wildman–Crippen LogP) is 2.66. The van der Waals surface area contributed by atoms with Crippen molar-refractivity contribution in [3.63, 3.8) is 0 Å². The molecular weight excluding hydrogens is 398 g/mol. The first-order valence-corrected chi connectivity index (χ1v) is 10.8. The predicted molar refractivity (Wildman–Crippen MR) is 111 cm³/mol. The van der Waals surface area contributed by atoms with E-state index in [1.165, 1.54) is 0 Å². The number of aliphatic imine (C=N–C) groups is 1. The summed E-state index contributed by atoms with van der Waals surface area (Å²) in [5.41, 5.74) is 1.81. The molecule has 0 amide bonds. The Labute approximate surface area is 170 Å². The smallest absolute Gasteiger partial charge is 0.216 e. The number of benzene rings is 2. The standard InChI is InChI=1S/C20H26F2N4O2S/c1-14(2)26-29(27,28)13-16-6-4-15(5-7-16)11-24-20(23-3)25-12-17-10-18(21)8-9-19(17)22/h4-10,14,26H,11-13H2,1-3H3,(H2,23,24,25). The van der Waals surface area contributed by atoms with Gasteiger partial charge >= 0.3 is 0 Å². The zero-order chi connectivity index (χ0) is 21.4. The van der Waals surface area contributed by atoms with Gasteiger partial charge in [-0.05, 0) is 43.2 Å². The van der Waals surface area contributed by atoms with E-state index in [-0.39, 0.29) is 23.9 Å². The van der Waals surface area contributed by atoms with Gasteiger partial charge in [-0.25, -0.2) is 21.9 Å². The number of hydrogen-bond donors (Lipinski definition) is 3. The van der Waals surface area contributed by atoms with E-state index in [4.69, 9.17) is 0 Å². The van der Waals surface area contributed by atoms with Crippen LogP contribution in [-0.4, -0.2) is 27.5 Å². The van der Waals surface area contributed by atoms with E-state index in [2.05, 4.69) is 20.3 Å². The van der Waals surface area contributed by atoms with E-state index in [1.807, 2.05) is 12.1 Å². The quantitative estimate of drug-likeness (QED) is 0.450. The van der Waals surface area contributed by atoms with Gasteiger partial charge in [-0.1, -0.05) is 24.3 Å². The van der Waals surface area contributed by atoms with Gasteiger partial charge in [-0.3, -0.25) is 4.99 Å². The van der Waals surface area contributed by atoms with E-state index in [9.17, 15) is 17.2 Å². The summed E-state index contributed by atoms with van der Waals surface area (Å²) < 4.78 is 53.4. The highest BCUT2D eigenvalue weighted by Gasteiger charge is 2.12. The molecule has 0 aromatic heterocycles. The minimum atomic E-state index is -3.37. The summed E-state index contributed by atoms with van der Waals surface area (Å²) in [4.78, 5) is 4.05. The highest BCUT2D eigenvalue weighted by molar-refractivity contribution is 7.88. The van der Waals surface area contributed by atoms with Gasteiger partial charge < -0.3 is 10.6 Å². The van der Waals surface area contributed by atoms with Gasteiger partial charge in [0.05, 0.1) is 5.75 Å². The van der Waals surface area contributed by atoms with Crippen LogP contribution in [-0.2, 0) is 28.9 Å². The van der Waals surface area contributed by atoms with Crippen molar-refractivity contribution < 1.29 is 17.2 Å². The summed E-state index contributed by atoms with van der Waals surface area (Å²) in [7, 11) is -1.79. The van der Waals surface area contributed by atoms with Crippen molar-refractivity contribution in [1.29, 1.82) is 0 Å². The second-order valence-corrected chi connectivity index (χ2v) is 8.62. The number of halogens is 2. The molecule has 0 aliphatic rings. The van der Waals surface area contributed by atoms with Gasteiger partial charge in [0.15, 0.2) is 5.96 Å². The Morgan fingerprint density at radius 2 is 1.62 bits per heavy atom. The third kappa shape index (κ3) is 7.78. The van der Waals surface area contributed by atoms with E-state index >= 15 is 0 Å². The second kappa shape index (κ2) is 10.3. The number of nitrogens with one attached hydrogen (secondary N) is 3.